The van der Waals surface area contributed by atoms with Crippen molar-refractivity contribution in [3.05, 3.63) is 28.8 Å². The third kappa shape index (κ3) is 2.36. The van der Waals surface area contributed by atoms with Crippen molar-refractivity contribution in [3.63, 3.8) is 0 Å². The number of likely N-dealkylation sites (N-methyl/N-ethyl adjacent to an activating group) is 1. The Morgan fingerprint density at radius 2 is 1.88 bits per heavy atom. The monoisotopic (exact) mass is 222 g/mol. The number of methoxy groups -OCH3 is 1. The maximum Gasteiger partial charge on any atom is 0.122 e. The Hall–Kier alpha value is -1.06. The minimum atomic E-state index is 0.0801. The molecule has 0 aliphatic heterocycles. The minimum absolute atomic E-state index is 0.0801. The first-order valence-electron chi connectivity index (χ1n) is 5.59. The van der Waals surface area contributed by atoms with E-state index in [4.69, 9.17) is 10.5 Å². The second kappa shape index (κ2) is 5.32. The molecule has 1 aromatic carbocycles. The molecule has 0 spiro atoms. The first-order valence-corrected chi connectivity index (χ1v) is 5.59. The van der Waals surface area contributed by atoms with Gasteiger partial charge < -0.3 is 15.8 Å². The van der Waals surface area contributed by atoms with Gasteiger partial charge in [0.1, 0.15) is 5.75 Å². The van der Waals surface area contributed by atoms with Crippen LogP contribution in [0.15, 0.2) is 12.1 Å². The highest BCUT2D eigenvalue weighted by Gasteiger charge is 2.18. The Morgan fingerprint density at radius 3 is 2.31 bits per heavy atom. The van der Waals surface area contributed by atoms with Gasteiger partial charge in [0.2, 0.25) is 0 Å². The number of rotatable bonds is 4. The zero-order chi connectivity index (χ0) is 12.3. The van der Waals surface area contributed by atoms with Gasteiger partial charge in [-0.2, -0.15) is 0 Å². The van der Waals surface area contributed by atoms with Crippen molar-refractivity contribution >= 4 is 0 Å². The summed E-state index contributed by atoms with van der Waals surface area (Å²) in [6.07, 6.45) is 0. The van der Waals surface area contributed by atoms with Crippen molar-refractivity contribution in [3.8, 4) is 5.75 Å². The van der Waals surface area contributed by atoms with Gasteiger partial charge in [-0.05, 0) is 50.6 Å². The zero-order valence-electron chi connectivity index (χ0n) is 10.8. The summed E-state index contributed by atoms with van der Waals surface area (Å²) >= 11 is 0. The lowest BCUT2D eigenvalue weighted by Crippen LogP contribution is -2.34. The molecular weight excluding hydrogens is 200 g/mol. The highest BCUT2D eigenvalue weighted by atomic mass is 16.5. The molecule has 0 saturated heterocycles. The molecule has 0 heterocycles. The molecule has 2 atom stereocenters. The molecule has 0 amide bonds. The molecule has 0 aliphatic rings. The number of ether oxygens (including phenoxy) is 1. The van der Waals surface area contributed by atoms with Gasteiger partial charge >= 0.3 is 0 Å². The summed E-state index contributed by atoms with van der Waals surface area (Å²) in [6, 6.07) is 4.36. The van der Waals surface area contributed by atoms with Crippen LogP contribution in [0.4, 0.5) is 0 Å². The number of hydrogen-bond donors (Lipinski definition) is 2. The number of benzene rings is 1. The van der Waals surface area contributed by atoms with E-state index in [1.165, 1.54) is 16.7 Å². The fraction of sp³-hybridized carbons (Fsp3) is 0.538. The Bertz CT molecular complexity index is 361. The summed E-state index contributed by atoms with van der Waals surface area (Å²) in [5, 5.41) is 3.26. The Morgan fingerprint density at radius 1 is 1.25 bits per heavy atom. The van der Waals surface area contributed by atoms with Gasteiger partial charge in [-0.25, -0.2) is 0 Å². The first-order chi connectivity index (χ1) is 7.52. The van der Waals surface area contributed by atoms with Crippen molar-refractivity contribution in [2.45, 2.75) is 32.9 Å². The van der Waals surface area contributed by atoms with Gasteiger partial charge in [0.05, 0.1) is 7.11 Å². The van der Waals surface area contributed by atoms with Gasteiger partial charge in [0, 0.05) is 12.1 Å². The number of nitrogens with one attached hydrogen (secondary N) is 1. The van der Waals surface area contributed by atoms with Crippen LogP contribution < -0.4 is 15.8 Å². The van der Waals surface area contributed by atoms with E-state index in [9.17, 15) is 0 Å². The molecule has 0 aliphatic carbocycles. The van der Waals surface area contributed by atoms with E-state index in [1.54, 1.807) is 7.11 Å². The van der Waals surface area contributed by atoms with Crippen LogP contribution in [0, 0.1) is 13.8 Å². The third-order valence-corrected chi connectivity index (χ3v) is 3.17. The van der Waals surface area contributed by atoms with Crippen LogP contribution in [0.1, 0.15) is 29.7 Å². The largest absolute Gasteiger partial charge is 0.496 e. The molecule has 90 valence electrons. The minimum Gasteiger partial charge on any atom is -0.496 e. The van der Waals surface area contributed by atoms with E-state index in [2.05, 4.69) is 25.2 Å². The van der Waals surface area contributed by atoms with E-state index in [0.717, 1.165) is 5.75 Å². The fourth-order valence-electron chi connectivity index (χ4n) is 2.08. The topological polar surface area (TPSA) is 47.3 Å². The molecule has 0 aromatic heterocycles. The van der Waals surface area contributed by atoms with Crippen molar-refractivity contribution in [2.24, 2.45) is 5.73 Å². The first kappa shape index (κ1) is 13.0. The Balaban J connectivity index is 3.20. The summed E-state index contributed by atoms with van der Waals surface area (Å²) in [6.45, 7) is 6.20. The summed E-state index contributed by atoms with van der Waals surface area (Å²) in [5.74, 6) is 0.931. The Labute approximate surface area is 98.0 Å². The smallest absolute Gasteiger partial charge is 0.122 e. The lowest BCUT2D eigenvalue weighted by atomic mass is 9.93. The van der Waals surface area contributed by atoms with E-state index < -0.39 is 0 Å². The average molecular weight is 222 g/mol. The predicted octanol–water partition coefficient (Wildman–Crippen LogP) is 1.92. The molecule has 0 radical (unpaired) electrons. The van der Waals surface area contributed by atoms with Crippen LogP contribution in [-0.2, 0) is 0 Å². The lowest BCUT2D eigenvalue weighted by molar-refractivity contribution is 0.410. The SMILES string of the molecule is CNC(c1ccc(OC)c(C)c1C)C(C)N. The fourth-order valence-corrected chi connectivity index (χ4v) is 2.08. The molecule has 16 heavy (non-hydrogen) atoms. The summed E-state index contributed by atoms with van der Waals surface area (Å²) < 4.78 is 5.30. The van der Waals surface area contributed by atoms with E-state index in [1.807, 2.05) is 20.0 Å². The zero-order valence-corrected chi connectivity index (χ0v) is 10.8. The molecule has 0 saturated carbocycles. The van der Waals surface area contributed by atoms with Gasteiger partial charge in [-0.1, -0.05) is 6.07 Å². The normalized spacial score (nSPS) is 14.6. The maximum atomic E-state index is 5.97. The summed E-state index contributed by atoms with van der Waals surface area (Å²) in [4.78, 5) is 0. The van der Waals surface area contributed by atoms with Crippen molar-refractivity contribution in [1.82, 2.24) is 5.32 Å². The molecule has 3 nitrogen and oxygen atoms in total. The van der Waals surface area contributed by atoms with Crippen LogP contribution in [0.5, 0.6) is 5.75 Å². The molecular formula is C13H22N2O. The standard InChI is InChI=1S/C13H22N2O/c1-8-9(2)12(16-5)7-6-11(8)13(15-4)10(3)14/h6-7,10,13,15H,14H2,1-5H3. The summed E-state index contributed by atoms with van der Waals surface area (Å²) in [5.41, 5.74) is 9.65. The summed E-state index contributed by atoms with van der Waals surface area (Å²) in [7, 11) is 3.63. The van der Waals surface area contributed by atoms with E-state index in [-0.39, 0.29) is 12.1 Å². The van der Waals surface area contributed by atoms with Gasteiger partial charge in [-0.3, -0.25) is 0 Å². The second-order valence-corrected chi connectivity index (χ2v) is 4.23. The molecule has 0 fully saturated rings. The van der Waals surface area contributed by atoms with Crippen LogP contribution >= 0.6 is 0 Å². The molecule has 0 bridgehead atoms. The third-order valence-electron chi connectivity index (χ3n) is 3.17. The van der Waals surface area contributed by atoms with Gasteiger partial charge in [0.15, 0.2) is 0 Å². The Kier molecular flexibility index (Phi) is 4.33. The molecule has 1 aromatic rings. The van der Waals surface area contributed by atoms with E-state index >= 15 is 0 Å². The van der Waals surface area contributed by atoms with Crippen molar-refractivity contribution in [1.29, 1.82) is 0 Å². The quantitative estimate of drug-likeness (QED) is 0.818. The molecule has 1 rings (SSSR count). The predicted molar refractivity (Wildman–Crippen MR) is 67.9 cm³/mol. The highest BCUT2D eigenvalue weighted by Crippen LogP contribution is 2.28. The average Bonchev–Trinajstić information content (AvgIpc) is 2.25. The van der Waals surface area contributed by atoms with Crippen molar-refractivity contribution in [2.75, 3.05) is 14.2 Å². The van der Waals surface area contributed by atoms with E-state index in [0.29, 0.717) is 0 Å². The molecule has 3 N–H and O–H groups in total. The van der Waals surface area contributed by atoms with Gasteiger partial charge in [-0.15, -0.1) is 0 Å². The number of hydrogen-bond acceptors (Lipinski definition) is 3. The molecule has 2 unspecified atom stereocenters. The molecule has 3 heteroatoms. The van der Waals surface area contributed by atoms with Crippen LogP contribution in [-0.4, -0.2) is 20.2 Å². The highest BCUT2D eigenvalue weighted by molar-refractivity contribution is 5.45. The van der Waals surface area contributed by atoms with Crippen molar-refractivity contribution < 1.29 is 4.74 Å². The maximum absolute atomic E-state index is 5.97. The van der Waals surface area contributed by atoms with Crippen LogP contribution in [0.3, 0.4) is 0 Å². The van der Waals surface area contributed by atoms with Gasteiger partial charge in [0.25, 0.3) is 0 Å². The van der Waals surface area contributed by atoms with Crippen LogP contribution in [0.25, 0.3) is 0 Å². The lowest BCUT2D eigenvalue weighted by Gasteiger charge is -2.24. The van der Waals surface area contributed by atoms with Crippen LogP contribution in [0.2, 0.25) is 0 Å². The second-order valence-electron chi connectivity index (χ2n) is 4.23. The number of nitrogens with two attached hydrogens (primary N) is 1.